The van der Waals surface area contributed by atoms with Crippen LogP contribution < -0.4 is 4.74 Å². The molecular weight excluding hydrogens is 411 g/mol. The summed E-state index contributed by atoms with van der Waals surface area (Å²) in [5.74, 6) is 0.770. The number of ether oxygens (including phenoxy) is 1. The molecule has 0 aliphatic carbocycles. The van der Waals surface area contributed by atoms with Crippen molar-refractivity contribution in [2.45, 2.75) is 45.6 Å². The largest absolute Gasteiger partial charge is 0.490 e. The van der Waals surface area contributed by atoms with Crippen LogP contribution >= 0.6 is 23.2 Å². The maximum absolute atomic E-state index is 11.3. The molecule has 2 aliphatic heterocycles. The van der Waals surface area contributed by atoms with Gasteiger partial charge in [0.15, 0.2) is 0 Å². The lowest BCUT2D eigenvalue weighted by molar-refractivity contribution is -0.148. The molecule has 7 heteroatoms. The molecule has 2 aliphatic rings. The highest BCUT2D eigenvalue weighted by atomic mass is 35.5. The second-order valence-electron chi connectivity index (χ2n) is 9.10. The van der Waals surface area contributed by atoms with E-state index >= 15 is 0 Å². The number of halogens is 2. The van der Waals surface area contributed by atoms with Crippen LogP contribution in [-0.4, -0.2) is 66.2 Å². The minimum atomic E-state index is -0.717. The zero-order valence-electron chi connectivity index (χ0n) is 17.4. The van der Waals surface area contributed by atoms with Gasteiger partial charge in [-0.15, -0.1) is 0 Å². The number of rotatable bonds is 7. The van der Waals surface area contributed by atoms with Crippen molar-refractivity contribution in [3.05, 3.63) is 28.2 Å². The van der Waals surface area contributed by atoms with Gasteiger partial charge in [0.05, 0.1) is 15.5 Å². The van der Waals surface area contributed by atoms with E-state index in [0.717, 1.165) is 64.2 Å². The molecule has 0 aromatic heterocycles. The molecule has 0 bridgehead atoms. The Morgan fingerprint density at radius 1 is 1.07 bits per heavy atom. The van der Waals surface area contributed by atoms with Crippen LogP contribution in [0, 0.1) is 11.3 Å². The quantitative estimate of drug-likeness (QED) is 0.665. The van der Waals surface area contributed by atoms with Gasteiger partial charge in [0.2, 0.25) is 0 Å². The van der Waals surface area contributed by atoms with Gasteiger partial charge in [0, 0.05) is 32.2 Å². The maximum atomic E-state index is 11.3. The molecule has 2 fully saturated rings. The number of carbonyl (C=O) groups is 1. The third-order valence-corrected chi connectivity index (χ3v) is 6.89. The summed E-state index contributed by atoms with van der Waals surface area (Å²) in [6, 6.07) is 5.44. The van der Waals surface area contributed by atoms with Crippen molar-refractivity contribution < 1.29 is 14.6 Å². The van der Waals surface area contributed by atoms with E-state index in [9.17, 15) is 9.90 Å². The molecule has 0 unspecified atom stereocenters. The topological polar surface area (TPSA) is 53.0 Å². The van der Waals surface area contributed by atoms with Crippen molar-refractivity contribution in [3.8, 4) is 5.75 Å². The van der Waals surface area contributed by atoms with E-state index in [1.165, 1.54) is 0 Å². The molecule has 1 aromatic rings. The van der Waals surface area contributed by atoms with Crippen LogP contribution in [0.2, 0.25) is 10.0 Å². The van der Waals surface area contributed by atoms with Gasteiger partial charge in [-0.25, -0.2) is 0 Å². The van der Waals surface area contributed by atoms with Crippen molar-refractivity contribution in [2.75, 3.05) is 39.3 Å². The Labute approximate surface area is 183 Å². The fraction of sp³-hybridized carbons (Fsp3) is 0.682. The Bertz CT molecular complexity index is 697. The van der Waals surface area contributed by atoms with Crippen LogP contribution in [0.5, 0.6) is 5.75 Å². The molecule has 0 atom stereocenters. The molecule has 3 rings (SSSR count). The fourth-order valence-electron chi connectivity index (χ4n) is 4.27. The van der Waals surface area contributed by atoms with Gasteiger partial charge in [-0.05, 0) is 70.7 Å². The molecule has 0 amide bonds. The van der Waals surface area contributed by atoms with E-state index in [0.29, 0.717) is 22.5 Å². The Hall–Kier alpha value is -1.01. The fourth-order valence-corrected chi connectivity index (χ4v) is 4.56. The number of likely N-dealkylation sites (tertiary alicyclic amines) is 2. The summed E-state index contributed by atoms with van der Waals surface area (Å²) >= 11 is 12.0. The summed E-state index contributed by atoms with van der Waals surface area (Å²) in [7, 11) is 0. The standard InChI is InChI=1S/C22H32Cl2N2O3/c1-22(2,21(27)28)15-26-9-5-16(6-10-26)14-25-11-7-17(8-12-25)29-18-3-4-19(23)20(24)13-18/h3-4,13,16-17H,5-12,14-15H2,1-2H3,(H,27,28). The number of nitrogens with zero attached hydrogens (tertiary/aromatic N) is 2. The molecule has 5 nitrogen and oxygen atoms in total. The first kappa shape index (κ1) is 22.7. The monoisotopic (exact) mass is 442 g/mol. The van der Waals surface area contributed by atoms with Crippen LogP contribution in [-0.2, 0) is 4.79 Å². The Morgan fingerprint density at radius 3 is 2.28 bits per heavy atom. The first-order chi connectivity index (χ1) is 13.7. The highest BCUT2D eigenvalue weighted by Gasteiger charge is 2.32. The van der Waals surface area contributed by atoms with Crippen LogP contribution in [0.25, 0.3) is 0 Å². The summed E-state index contributed by atoms with van der Waals surface area (Å²) in [5.41, 5.74) is -0.678. The minimum absolute atomic E-state index is 0.226. The molecule has 0 radical (unpaired) electrons. The SMILES string of the molecule is CC(C)(CN1CCC(CN2CCC(Oc3ccc(Cl)c(Cl)c3)CC2)CC1)C(=O)O. The number of benzene rings is 1. The van der Waals surface area contributed by atoms with Crippen LogP contribution in [0.1, 0.15) is 39.5 Å². The molecule has 0 saturated carbocycles. The lowest BCUT2D eigenvalue weighted by atomic mass is 9.90. The predicted molar refractivity (Wildman–Crippen MR) is 117 cm³/mol. The normalized spacial score (nSPS) is 20.7. The Balaban J connectivity index is 1.37. The summed E-state index contributed by atoms with van der Waals surface area (Å²) in [5, 5.41) is 10.4. The van der Waals surface area contributed by atoms with Crippen LogP contribution in [0.3, 0.4) is 0 Å². The molecule has 1 N–H and O–H groups in total. The van der Waals surface area contributed by atoms with Gasteiger partial charge in [-0.3, -0.25) is 4.79 Å². The number of hydrogen-bond donors (Lipinski definition) is 1. The van der Waals surface area contributed by atoms with Crippen molar-refractivity contribution >= 4 is 29.2 Å². The summed E-state index contributed by atoms with van der Waals surface area (Å²) in [6.07, 6.45) is 4.56. The smallest absolute Gasteiger partial charge is 0.310 e. The van der Waals surface area contributed by atoms with Gasteiger partial charge in [-0.2, -0.15) is 0 Å². The first-order valence-corrected chi connectivity index (χ1v) is 11.3. The second-order valence-corrected chi connectivity index (χ2v) is 9.92. The van der Waals surface area contributed by atoms with Gasteiger partial charge >= 0.3 is 5.97 Å². The first-order valence-electron chi connectivity index (χ1n) is 10.5. The van der Waals surface area contributed by atoms with Crippen molar-refractivity contribution in [1.82, 2.24) is 9.80 Å². The van der Waals surface area contributed by atoms with Gasteiger partial charge in [0.25, 0.3) is 0 Å². The molecular formula is C22H32Cl2N2O3. The highest BCUT2D eigenvalue weighted by molar-refractivity contribution is 6.42. The van der Waals surface area contributed by atoms with E-state index in [2.05, 4.69) is 9.80 Å². The van der Waals surface area contributed by atoms with Crippen LogP contribution in [0.4, 0.5) is 0 Å². The van der Waals surface area contributed by atoms with E-state index in [-0.39, 0.29) is 6.10 Å². The van der Waals surface area contributed by atoms with Crippen molar-refractivity contribution in [3.63, 3.8) is 0 Å². The van der Waals surface area contributed by atoms with Gasteiger partial charge in [-0.1, -0.05) is 23.2 Å². The Kier molecular flexibility index (Phi) is 7.71. The van der Waals surface area contributed by atoms with Crippen molar-refractivity contribution in [1.29, 1.82) is 0 Å². The summed E-state index contributed by atoms with van der Waals surface area (Å²) < 4.78 is 6.08. The third kappa shape index (κ3) is 6.48. The van der Waals surface area contributed by atoms with Crippen LogP contribution in [0.15, 0.2) is 18.2 Å². The van der Waals surface area contributed by atoms with E-state index < -0.39 is 11.4 Å². The molecule has 2 heterocycles. The minimum Gasteiger partial charge on any atom is -0.490 e. The highest BCUT2D eigenvalue weighted by Crippen LogP contribution is 2.29. The third-order valence-electron chi connectivity index (χ3n) is 6.15. The number of carboxylic acid groups (broad SMARTS) is 1. The average molecular weight is 443 g/mol. The molecule has 162 valence electrons. The lowest BCUT2D eigenvalue weighted by Crippen LogP contribution is -2.46. The molecule has 2 saturated heterocycles. The van der Waals surface area contributed by atoms with Crippen molar-refractivity contribution in [2.24, 2.45) is 11.3 Å². The van der Waals surface area contributed by atoms with E-state index in [1.807, 2.05) is 19.9 Å². The summed E-state index contributed by atoms with van der Waals surface area (Å²) in [6.45, 7) is 9.49. The zero-order valence-corrected chi connectivity index (χ0v) is 18.9. The predicted octanol–water partition coefficient (Wildman–Crippen LogP) is 4.66. The van der Waals surface area contributed by atoms with Gasteiger partial charge in [0.1, 0.15) is 11.9 Å². The average Bonchev–Trinajstić information content (AvgIpc) is 2.67. The number of piperidine rings is 2. The zero-order chi connectivity index (χ0) is 21.0. The molecule has 29 heavy (non-hydrogen) atoms. The van der Waals surface area contributed by atoms with E-state index in [4.69, 9.17) is 27.9 Å². The second kappa shape index (κ2) is 9.86. The number of carboxylic acids is 1. The number of hydrogen-bond acceptors (Lipinski definition) is 4. The molecule has 1 aromatic carbocycles. The lowest BCUT2D eigenvalue weighted by Gasteiger charge is -2.39. The van der Waals surface area contributed by atoms with E-state index in [1.54, 1.807) is 12.1 Å². The van der Waals surface area contributed by atoms with Gasteiger partial charge < -0.3 is 19.6 Å². The Morgan fingerprint density at radius 2 is 1.69 bits per heavy atom. The maximum Gasteiger partial charge on any atom is 0.310 e. The number of aliphatic carboxylic acids is 1. The summed E-state index contributed by atoms with van der Waals surface area (Å²) in [4.78, 5) is 16.2. The molecule has 0 spiro atoms.